The summed E-state index contributed by atoms with van der Waals surface area (Å²) >= 11 is 0. The Labute approximate surface area is 158 Å². The predicted molar refractivity (Wildman–Crippen MR) is 115 cm³/mol. The van der Waals surface area contributed by atoms with Crippen LogP contribution in [0.4, 0.5) is 17.5 Å². The molecule has 0 unspecified atom stereocenters. The molecule has 2 rings (SSSR count). The molecule has 0 bridgehead atoms. The number of nitrogen functional groups attached to an aromatic ring is 1. The first-order valence-corrected chi connectivity index (χ1v) is 8.77. The molecular formula is C21H33N5. The topological polar surface area (TPSA) is 76.2 Å². The van der Waals surface area contributed by atoms with Crippen molar-refractivity contribution in [1.82, 2.24) is 9.97 Å². The van der Waals surface area contributed by atoms with E-state index in [0.29, 0.717) is 5.95 Å². The zero-order valence-electron chi connectivity index (χ0n) is 17.0. The lowest BCUT2D eigenvalue weighted by Gasteiger charge is -2.07. The third-order valence-corrected chi connectivity index (χ3v) is 3.21. The molecule has 5 nitrogen and oxygen atoms in total. The second-order valence-electron chi connectivity index (χ2n) is 6.01. The maximum atomic E-state index is 5.61. The number of aliphatic imine (C=N–C) groups is 1. The Morgan fingerprint density at radius 3 is 2.19 bits per heavy atom. The van der Waals surface area contributed by atoms with Crippen molar-refractivity contribution in [2.24, 2.45) is 4.99 Å². The molecule has 142 valence electrons. The van der Waals surface area contributed by atoms with Gasteiger partial charge in [-0.15, -0.1) is 0 Å². The number of nitrogens with two attached hydrogens (primary N) is 1. The van der Waals surface area contributed by atoms with E-state index in [1.54, 1.807) is 7.05 Å². The summed E-state index contributed by atoms with van der Waals surface area (Å²) in [5.74, 6) is 1.02. The second-order valence-corrected chi connectivity index (χ2v) is 6.01. The van der Waals surface area contributed by atoms with E-state index in [0.717, 1.165) is 30.0 Å². The zero-order chi connectivity index (χ0) is 19.9. The number of nitrogens with zero attached hydrogens (tertiary/aromatic N) is 3. The number of allylic oxidation sites excluding steroid dienone is 2. The Balaban J connectivity index is 0.000000663. The molecule has 26 heavy (non-hydrogen) atoms. The lowest BCUT2D eigenvalue weighted by Crippen LogP contribution is -2.01. The minimum atomic E-state index is 0.292. The quantitative estimate of drug-likeness (QED) is 0.572. The van der Waals surface area contributed by atoms with Crippen molar-refractivity contribution in [1.29, 1.82) is 0 Å². The minimum Gasteiger partial charge on any atom is -0.368 e. The molecule has 0 aliphatic heterocycles. The van der Waals surface area contributed by atoms with Crippen molar-refractivity contribution < 1.29 is 0 Å². The van der Waals surface area contributed by atoms with Crippen molar-refractivity contribution in [2.45, 2.75) is 47.5 Å². The Morgan fingerprint density at radius 1 is 1.23 bits per heavy atom. The van der Waals surface area contributed by atoms with Crippen LogP contribution in [0.2, 0.25) is 0 Å². The van der Waals surface area contributed by atoms with E-state index in [1.807, 2.05) is 19.9 Å². The zero-order valence-corrected chi connectivity index (χ0v) is 17.0. The Bertz CT molecular complexity index is 651. The first-order valence-electron chi connectivity index (χ1n) is 8.77. The number of benzene rings is 1. The summed E-state index contributed by atoms with van der Waals surface area (Å²) in [6, 6.07) is 10.2. The summed E-state index contributed by atoms with van der Waals surface area (Å²) in [7, 11) is 1.64. The Morgan fingerprint density at radius 2 is 1.77 bits per heavy atom. The summed E-state index contributed by atoms with van der Waals surface area (Å²) in [5.41, 5.74) is 10.2. The first-order chi connectivity index (χ1) is 12.4. The van der Waals surface area contributed by atoms with Gasteiger partial charge in [-0.2, -0.15) is 4.98 Å². The van der Waals surface area contributed by atoms with Crippen molar-refractivity contribution in [2.75, 3.05) is 18.1 Å². The van der Waals surface area contributed by atoms with Crippen LogP contribution in [0.3, 0.4) is 0 Å². The van der Waals surface area contributed by atoms with Gasteiger partial charge in [-0.1, -0.05) is 37.1 Å². The summed E-state index contributed by atoms with van der Waals surface area (Å²) in [6.07, 6.45) is 4.36. The lowest BCUT2D eigenvalue weighted by atomic mass is 10.1. The van der Waals surface area contributed by atoms with E-state index in [1.165, 1.54) is 11.1 Å². The SMILES string of the molecule is C=NC.CC=C(C)C.CCCc1ccc(Nc2cc(C)nc(N)n2)cc1. The van der Waals surface area contributed by atoms with Crippen LogP contribution in [-0.2, 0) is 6.42 Å². The van der Waals surface area contributed by atoms with E-state index in [2.05, 4.69) is 78.1 Å². The van der Waals surface area contributed by atoms with Gasteiger partial charge >= 0.3 is 0 Å². The van der Waals surface area contributed by atoms with E-state index in [-0.39, 0.29) is 0 Å². The van der Waals surface area contributed by atoms with Crippen LogP contribution in [0.25, 0.3) is 0 Å². The highest BCUT2D eigenvalue weighted by atomic mass is 15.1. The number of anilines is 3. The van der Waals surface area contributed by atoms with Gasteiger partial charge in [-0.05, 0) is 58.5 Å². The number of aryl methyl sites for hydroxylation is 2. The number of rotatable bonds is 4. The summed E-state index contributed by atoms with van der Waals surface area (Å²) in [6.45, 7) is 13.4. The van der Waals surface area contributed by atoms with Crippen LogP contribution in [0, 0.1) is 6.92 Å². The van der Waals surface area contributed by atoms with Crippen molar-refractivity contribution in [3.63, 3.8) is 0 Å². The first kappa shape index (κ1) is 23.3. The average Bonchev–Trinajstić information content (AvgIpc) is 2.57. The van der Waals surface area contributed by atoms with Crippen LogP contribution >= 0.6 is 0 Å². The predicted octanol–water partition coefficient (Wildman–Crippen LogP) is 5.35. The van der Waals surface area contributed by atoms with Gasteiger partial charge < -0.3 is 16.0 Å². The normalized spacial score (nSPS) is 9.00. The lowest BCUT2D eigenvalue weighted by molar-refractivity contribution is 0.922. The third kappa shape index (κ3) is 11.0. The smallest absolute Gasteiger partial charge is 0.222 e. The van der Waals surface area contributed by atoms with E-state index < -0.39 is 0 Å². The molecule has 0 aliphatic rings. The Kier molecular flexibility index (Phi) is 12.2. The van der Waals surface area contributed by atoms with Gasteiger partial charge in [0.25, 0.3) is 0 Å². The number of hydrogen-bond acceptors (Lipinski definition) is 5. The minimum absolute atomic E-state index is 0.292. The van der Waals surface area contributed by atoms with E-state index in [9.17, 15) is 0 Å². The highest BCUT2D eigenvalue weighted by molar-refractivity contribution is 5.57. The van der Waals surface area contributed by atoms with E-state index in [4.69, 9.17) is 5.73 Å². The number of aromatic nitrogens is 2. The molecule has 0 aliphatic carbocycles. The molecule has 1 aromatic heterocycles. The van der Waals surface area contributed by atoms with Crippen LogP contribution in [0.15, 0.2) is 47.0 Å². The average molecular weight is 356 g/mol. The molecule has 3 N–H and O–H groups in total. The molecule has 1 heterocycles. The highest BCUT2D eigenvalue weighted by Gasteiger charge is 2.00. The van der Waals surface area contributed by atoms with Crippen LogP contribution in [0.1, 0.15) is 45.4 Å². The van der Waals surface area contributed by atoms with Crippen LogP contribution in [-0.4, -0.2) is 23.7 Å². The molecule has 0 radical (unpaired) electrons. The van der Waals surface area contributed by atoms with Gasteiger partial charge in [0.2, 0.25) is 5.95 Å². The molecule has 5 heteroatoms. The molecule has 0 spiro atoms. The number of nitrogens with one attached hydrogen (secondary N) is 1. The van der Waals surface area contributed by atoms with Gasteiger partial charge in [-0.25, -0.2) is 4.98 Å². The molecule has 2 aromatic rings. The maximum Gasteiger partial charge on any atom is 0.222 e. The van der Waals surface area contributed by atoms with Crippen molar-refractivity contribution in [3.8, 4) is 0 Å². The van der Waals surface area contributed by atoms with Gasteiger partial charge in [0.1, 0.15) is 5.82 Å². The van der Waals surface area contributed by atoms with Crippen molar-refractivity contribution in [3.05, 3.63) is 53.2 Å². The van der Waals surface area contributed by atoms with Gasteiger partial charge in [0.15, 0.2) is 0 Å². The summed E-state index contributed by atoms with van der Waals surface area (Å²) < 4.78 is 0. The van der Waals surface area contributed by atoms with Crippen LogP contribution in [0.5, 0.6) is 0 Å². The molecule has 0 saturated heterocycles. The third-order valence-electron chi connectivity index (χ3n) is 3.21. The molecule has 0 saturated carbocycles. The standard InChI is InChI=1S/C14H18N4.C5H10.C2H5N/c1-3-4-11-5-7-12(8-6-11)17-13-9-10(2)16-14(15)18-13;1-4-5(2)3;1-3-2/h5-9H,3-4H2,1-2H3,(H3,15,16,17,18);4H,1-3H3;1H2,2H3. The maximum absolute atomic E-state index is 5.61. The fourth-order valence-electron chi connectivity index (χ4n) is 1.85. The molecule has 1 aromatic carbocycles. The summed E-state index contributed by atoms with van der Waals surface area (Å²) in [4.78, 5) is 11.4. The fourth-order valence-corrected chi connectivity index (χ4v) is 1.85. The highest BCUT2D eigenvalue weighted by Crippen LogP contribution is 2.17. The van der Waals surface area contributed by atoms with Crippen LogP contribution < -0.4 is 11.1 Å². The Hall–Kier alpha value is -2.69. The molecule has 0 fully saturated rings. The summed E-state index contributed by atoms with van der Waals surface area (Å²) in [5, 5.41) is 3.22. The molecular weight excluding hydrogens is 322 g/mol. The molecule has 0 atom stereocenters. The van der Waals surface area contributed by atoms with Gasteiger partial charge in [0.05, 0.1) is 0 Å². The van der Waals surface area contributed by atoms with E-state index >= 15 is 0 Å². The van der Waals surface area contributed by atoms with Gasteiger partial charge in [0, 0.05) is 24.5 Å². The fraction of sp³-hybridized carbons (Fsp3) is 0.381. The molecule has 0 amide bonds. The second kappa shape index (κ2) is 13.6. The van der Waals surface area contributed by atoms with Crippen molar-refractivity contribution >= 4 is 24.2 Å². The van der Waals surface area contributed by atoms with Gasteiger partial charge in [-0.3, -0.25) is 0 Å². The number of hydrogen-bond donors (Lipinski definition) is 2. The largest absolute Gasteiger partial charge is 0.368 e. The monoisotopic (exact) mass is 355 g/mol.